The van der Waals surface area contributed by atoms with Crippen molar-refractivity contribution in [2.45, 2.75) is 64.7 Å². The maximum absolute atomic E-state index is 4.89. The monoisotopic (exact) mass is 720 g/mol. The van der Waals surface area contributed by atoms with Gasteiger partial charge in [-0.3, -0.25) is 9.97 Å². The number of aromatic nitrogens is 4. The zero-order chi connectivity index (χ0) is 35.0. The number of aryl methyl sites for hydroxylation is 4. The summed E-state index contributed by atoms with van der Waals surface area (Å²) in [7, 11) is 0. The van der Waals surface area contributed by atoms with E-state index in [4.69, 9.17) is 9.97 Å². The van der Waals surface area contributed by atoms with Crippen molar-refractivity contribution in [2.75, 3.05) is 13.1 Å². The van der Waals surface area contributed by atoms with Crippen molar-refractivity contribution in [2.24, 2.45) is 0 Å². The van der Waals surface area contributed by atoms with Crippen molar-refractivity contribution in [3.63, 3.8) is 0 Å². The van der Waals surface area contributed by atoms with E-state index in [0.29, 0.717) is 0 Å². The summed E-state index contributed by atoms with van der Waals surface area (Å²) in [5.41, 5.74) is 10.2. The standard InChI is InChI=1S/C46H48N6.ClH/c1-3-15-35(16-4-1)19-13-31-51-43-23-9-7-21-37(43)39-25-29-49-41(45(39)51)33-47-27-11-12-28-48-34-42-46-40(26-30-50-42)38-22-8-10-24-44(38)52(46)32-14-20-36-17-5-2-6-18-36;/h1-10,15-18,21-26,29-30,47-48H,11-14,19-20,27-28,31-34H2;1H. The second-order valence-electron chi connectivity index (χ2n) is 13.9. The van der Waals surface area contributed by atoms with E-state index in [0.717, 1.165) is 89.2 Å². The molecule has 0 aliphatic heterocycles. The average molecular weight is 721 g/mol. The quantitative estimate of drug-likeness (QED) is 0.0920. The third-order valence-corrected chi connectivity index (χ3v) is 10.4. The van der Waals surface area contributed by atoms with Crippen molar-refractivity contribution >= 4 is 56.0 Å². The minimum atomic E-state index is 0. The summed E-state index contributed by atoms with van der Waals surface area (Å²) in [5, 5.41) is 12.6. The minimum absolute atomic E-state index is 0. The van der Waals surface area contributed by atoms with Crippen molar-refractivity contribution in [3.8, 4) is 0 Å². The van der Waals surface area contributed by atoms with Gasteiger partial charge in [0.05, 0.1) is 22.4 Å². The number of fused-ring (bicyclic) bond motifs is 6. The second-order valence-corrected chi connectivity index (χ2v) is 13.9. The van der Waals surface area contributed by atoms with Gasteiger partial charge in [0.1, 0.15) is 0 Å². The van der Waals surface area contributed by atoms with Crippen molar-refractivity contribution < 1.29 is 0 Å². The molecule has 2 N–H and O–H groups in total. The number of hydrogen-bond acceptors (Lipinski definition) is 4. The van der Waals surface area contributed by atoms with Gasteiger partial charge in [-0.05, 0) is 87.0 Å². The molecule has 0 bridgehead atoms. The van der Waals surface area contributed by atoms with Crippen LogP contribution in [0.1, 0.15) is 48.2 Å². The highest BCUT2D eigenvalue weighted by atomic mass is 35.5. The number of hydrogen-bond donors (Lipinski definition) is 2. The SMILES string of the molecule is Cl.c1ccc(CCCn2c3ccccc3c3ccnc(CNCCCCNCc4nccc5c6ccccc6n(CCCc6ccccc6)c45)c32)cc1. The van der Waals surface area contributed by atoms with E-state index >= 15 is 0 Å². The summed E-state index contributed by atoms with van der Waals surface area (Å²) in [6.45, 7) is 5.39. The van der Waals surface area contributed by atoms with Gasteiger partial charge in [0, 0.05) is 71.2 Å². The van der Waals surface area contributed by atoms with Crippen LogP contribution in [0.25, 0.3) is 43.6 Å². The van der Waals surface area contributed by atoms with Gasteiger partial charge >= 0.3 is 0 Å². The molecule has 0 unspecified atom stereocenters. The molecule has 0 aliphatic rings. The van der Waals surface area contributed by atoms with Crippen molar-refractivity contribution in [1.29, 1.82) is 0 Å². The number of benzene rings is 4. The molecular weight excluding hydrogens is 672 g/mol. The number of para-hydroxylation sites is 2. The fourth-order valence-corrected chi connectivity index (χ4v) is 7.95. The molecule has 4 aromatic heterocycles. The molecule has 7 heteroatoms. The third-order valence-electron chi connectivity index (χ3n) is 10.4. The lowest BCUT2D eigenvalue weighted by atomic mass is 10.1. The van der Waals surface area contributed by atoms with Gasteiger partial charge in [0.2, 0.25) is 0 Å². The van der Waals surface area contributed by atoms with Crippen LogP contribution in [-0.2, 0) is 39.0 Å². The molecule has 53 heavy (non-hydrogen) atoms. The molecule has 4 aromatic carbocycles. The summed E-state index contributed by atoms with van der Waals surface area (Å²) in [6.07, 6.45) is 10.5. The van der Waals surface area contributed by atoms with E-state index in [2.05, 4.69) is 141 Å². The fraction of sp³-hybridized carbons (Fsp3) is 0.261. The topological polar surface area (TPSA) is 59.7 Å². The number of nitrogens with zero attached hydrogens (tertiary/aromatic N) is 4. The highest BCUT2D eigenvalue weighted by Gasteiger charge is 2.16. The maximum atomic E-state index is 4.89. The van der Waals surface area contributed by atoms with E-state index in [1.807, 2.05) is 12.4 Å². The summed E-state index contributed by atoms with van der Waals surface area (Å²) in [6, 6.07) is 43.6. The lowest BCUT2D eigenvalue weighted by Crippen LogP contribution is -2.20. The largest absolute Gasteiger partial charge is 0.339 e. The normalized spacial score (nSPS) is 11.5. The highest BCUT2D eigenvalue weighted by molar-refractivity contribution is 6.09. The van der Waals surface area contributed by atoms with Crippen LogP contribution in [0.4, 0.5) is 0 Å². The first-order valence-electron chi connectivity index (χ1n) is 19.0. The van der Waals surface area contributed by atoms with Crippen molar-refractivity contribution in [1.82, 2.24) is 29.7 Å². The van der Waals surface area contributed by atoms with Crippen LogP contribution in [0.15, 0.2) is 134 Å². The molecule has 8 rings (SSSR count). The summed E-state index contributed by atoms with van der Waals surface area (Å²) in [5.74, 6) is 0. The Balaban J connectivity index is 0.00000435. The van der Waals surface area contributed by atoms with Crippen LogP contribution in [0.3, 0.4) is 0 Å². The Hall–Kier alpha value is -5.01. The third kappa shape index (κ3) is 8.16. The van der Waals surface area contributed by atoms with Gasteiger partial charge in [-0.2, -0.15) is 0 Å². The molecule has 270 valence electrons. The van der Waals surface area contributed by atoms with Gasteiger partial charge in [-0.15, -0.1) is 12.4 Å². The van der Waals surface area contributed by atoms with Gasteiger partial charge < -0.3 is 19.8 Å². The number of rotatable bonds is 17. The molecule has 0 spiro atoms. The molecule has 0 radical (unpaired) electrons. The maximum Gasteiger partial charge on any atom is 0.0784 e. The van der Waals surface area contributed by atoms with Crippen molar-refractivity contribution in [3.05, 3.63) is 156 Å². The Morgan fingerprint density at radius 1 is 0.434 bits per heavy atom. The number of pyridine rings is 2. The zero-order valence-electron chi connectivity index (χ0n) is 30.4. The first-order valence-corrected chi connectivity index (χ1v) is 19.0. The molecule has 6 nitrogen and oxygen atoms in total. The van der Waals surface area contributed by atoms with Crippen LogP contribution < -0.4 is 10.6 Å². The molecule has 0 saturated carbocycles. The molecule has 4 heterocycles. The highest BCUT2D eigenvalue weighted by Crippen LogP contribution is 2.32. The van der Waals surface area contributed by atoms with E-state index in [1.54, 1.807) is 0 Å². The van der Waals surface area contributed by atoms with E-state index in [9.17, 15) is 0 Å². The summed E-state index contributed by atoms with van der Waals surface area (Å²) < 4.78 is 5.00. The Bertz CT molecular complexity index is 2210. The Morgan fingerprint density at radius 3 is 1.30 bits per heavy atom. The first kappa shape index (κ1) is 36.4. The predicted octanol–water partition coefficient (Wildman–Crippen LogP) is 10.0. The molecular formula is C46H49ClN6. The Labute approximate surface area is 318 Å². The van der Waals surface area contributed by atoms with Gasteiger partial charge in [-0.1, -0.05) is 97.1 Å². The number of unbranched alkanes of at least 4 members (excludes halogenated alkanes) is 1. The Kier molecular flexibility index (Phi) is 12.1. The summed E-state index contributed by atoms with van der Waals surface area (Å²) in [4.78, 5) is 9.77. The van der Waals surface area contributed by atoms with Crippen LogP contribution in [0, 0.1) is 0 Å². The average Bonchev–Trinajstić information content (AvgIpc) is 3.70. The van der Waals surface area contributed by atoms with Gasteiger partial charge in [0.25, 0.3) is 0 Å². The van der Waals surface area contributed by atoms with Gasteiger partial charge in [0.15, 0.2) is 0 Å². The van der Waals surface area contributed by atoms with Crippen LogP contribution >= 0.6 is 12.4 Å². The van der Waals surface area contributed by atoms with E-state index in [-0.39, 0.29) is 12.4 Å². The molecule has 0 aliphatic carbocycles. The smallest absolute Gasteiger partial charge is 0.0784 e. The zero-order valence-corrected chi connectivity index (χ0v) is 31.2. The number of nitrogens with one attached hydrogen (secondary N) is 2. The molecule has 0 fully saturated rings. The molecule has 0 saturated heterocycles. The van der Waals surface area contributed by atoms with Gasteiger partial charge in [-0.25, -0.2) is 0 Å². The molecule has 0 atom stereocenters. The Morgan fingerprint density at radius 2 is 0.849 bits per heavy atom. The lowest BCUT2D eigenvalue weighted by Gasteiger charge is -2.12. The second kappa shape index (κ2) is 17.7. The number of halogens is 1. The molecule has 0 amide bonds. The first-order chi connectivity index (χ1) is 25.8. The lowest BCUT2D eigenvalue weighted by molar-refractivity contribution is 0.576. The van der Waals surface area contributed by atoms with Crippen LogP contribution in [0.2, 0.25) is 0 Å². The van der Waals surface area contributed by atoms with E-state index in [1.165, 1.54) is 54.7 Å². The predicted molar refractivity (Wildman–Crippen MR) is 224 cm³/mol. The molecule has 8 aromatic rings. The minimum Gasteiger partial charge on any atom is -0.339 e. The summed E-state index contributed by atoms with van der Waals surface area (Å²) >= 11 is 0. The van der Waals surface area contributed by atoms with E-state index < -0.39 is 0 Å². The van der Waals surface area contributed by atoms with Crippen LogP contribution in [-0.4, -0.2) is 32.2 Å². The fourth-order valence-electron chi connectivity index (χ4n) is 7.95. The van der Waals surface area contributed by atoms with Crippen LogP contribution in [0.5, 0.6) is 0 Å².